The van der Waals surface area contributed by atoms with Crippen LogP contribution in [0.15, 0.2) is 59.8 Å². The van der Waals surface area contributed by atoms with E-state index in [1.165, 1.54) is 17.5 Å². The molecule has 1 aromatic heterocycles. The topological polar surface area (TPSA) is 105 Å². The molecule has 0 saturated carbocycles. The number of ether oxygens (including phenoxy) is 2. The number of rotatable bonds is 6. The zero-order valence-electron chi connectivity index (χ0n) is 19.7. The van der Waals surface area contributed by atoms with Gasteiger partial charge < -0.3 is 14.4 Å². The van der Waals surface area contributed by atoms with E-state index in [2.05, 4.69) is 10.2 Å². The van der Waals surface area contributed by atoms with Crippen LogP contribution in [-0.4, -0.2) is 62.7 Å². The van der Waals surface area contributed by atoms with E-state index in [1.54, 1.807) is 42.6 Å². The lowest BCUT2D eigenvalue weighted by atomic mass is 9.77. The lowest BCUT2D eigenvalue weighted by Crippen LogP contribution is -2.46. The Morgan fingerprint density at radius 1 is 1.00 bits per heavy atom. The third kappa shape index (κ3) is 4.06. The first-order valence-corrected chi connectivity index (χ1v) is 13.0. The number of sulfonamides is 1. The molecule has 2 fully saturated rings. The molecule has 0 bridgehead atoms. The number of anilines is 1. The Morgan fingerprint density at radius 3 is 2.46 bits per heavy atom. The van der Waals surface area contributed by atoms with Gasteiger partial charge in [0.15, 0.2) is 0 Å². The van der Waals surface area contributed by atoms with E-state index >= 15 is 0 Å². The first-order chi connectivity index (χ1) is 16.9. The second kappa shape index (κ2) is 9.01. The fraction of sp³-hybridized carbons (Fsp3) is 0.360. The van der Waals surface area contributed by atoms with E-state index < -0.39 is 15.4 Å². The summed E-state index contributed by atoms with van der Waals surface area (Å²) in [5.41, 5.74) is 2.03. The smallest absolute Gasteiger partial charge is 0.243 e. The Balaban J connectivity index is 1.32. The number of carbonyl (C=O) groups is 1. The van der Waals surface area contributed by atoms with Gasteiger partial charge in [-0.3, -0.25) is 9.89 Å². The van der Waals surface area contributed by atoms with Gasteiger partial charge in [0.2, 0.25) is 15.9 Å². The fourth-order valence-electron chi connectivity index (χ4n) is 5.08. The van der Waals surface area contributed by atoms with E-state index in [4.69, 9.17) is 9.47 Å². The Labute approximate surface area is 204 Å². The highest BCUT2D eigenvalue weighted by Gasteiger charge is 2.50. The number of hydrogen-bond acceptors (Lipinski definition) is 6. The van der Waals surface area contributed by atoms with Crippen molar-refractivity contribution in [3.05, 3.63) is 54.9 Å². The van der Waals surface area contributed by atoms with Crippen LogP contribution in [-0.2, 0) is 14.8 Å². The normalized spacial score (nSPS) is 18.2. The van der Waals surface area contributed by atoms with Crippen LogP contribution in [0.1, 0.15) is 19.3 Å². The average Bonchev–Trinajstić information content (AvgIpc) is 3.53. The first-order valence-electron chi connectivity index (χ1n) is 11.5. The monoisotopic (exact) mass is 496 g/mol. The molecule has 2 aromatic carbocycles. The maximum atomic E-state index is 13.6. The molecule has 2 aliphatic rings. The molecule has 0 atom stereocenters. The number of methoxy groups -OCH3 is 2. The molecule has 0 unspecified atom stereocenters. The zero-order valence-corrected chi connectivity index (χ0v) is 20.5. The number of H-pyrrole nitrogens is 1. The van der Waals surface area contributed by atoms with E-state index in [9.17, 15) is 13.2 Å². The second-order valence-electron chi connectivity index (χ2n) is 8.94. The maximum Gasteiger partial charge on any atom is 0.243 e. The summed E-state index contributed by atoms with van der Waals surface area (Å²) in [5.74, 6) is 1.21. The molecule has 2 aliphatic heterocycles. The number of hydrogen-bond donors (Lipinski definition) is 1. The van der Waals surface area contributed by atoms with Gasteiger partial charge in [-0.15, -0.1) is 0 Å². The summed E-state index contributed by atoms with van der Waals surface area (Å²) in [7, 11) is -0.541. The first kappa shape index (κ1) is 23.4. The molecule has 9 nitrogen and oxygen atoms in total. The number of aromatic amines is 1. The highest BCUT2D eigenvalue weighted by molar-refractivity contribution is 7.89. The summed E-state index contributed by atoms with van der Waals surface area (Å²) in [5, 5.41) is 6.80. The molecule has 1 spiro atoms. The third-order valence-corrected chi connectivity index (χ3v) is 9.07. The van der Waals surface area contributed by atoms with E-state index in [1.807, 2.05) is 18.2 Å². The van der Waals surface area contributed by atoms with Crippen LogP contribution in [0.4, 0.5) is 5.69 Å². The van der Waals surface area contributed by atoms with Crippen molar-refractivity contribution in [1.29, 1.82) is 0 Å². The molecule has 3 heterocycles. The minimum absolute atomic E-state index is 0.0500. The molecule has 0 radical (unpaired) electrons. The molecule has 5 rings (SSSR count). The molecule has 10 heteroatoms. The molecule has 184 valence electrons. The molecule has 35 heavy (non-hydrogen) atoms. The van der Waals surface area contributed by atoms with Gasteiger partial charge in [-0.1, -0.05) is 6.07 Å². The SMILES string of the molecule is COc1cccc(S(=O)(=O)N2CCC3(CCN(c4ccc(-c5cn[nH]c5)c(OC)c4)C3=O)CC2)c1. The van der Waals surface area contributed by atoms with Crippen molar-refractivity contribution in [3.8, 4) is 22.6 Å². The van der Waals surface area contributed by atoms with Gasteiger partial charge in [0.05, 0.1) is 30.7 Å². The Bertz CT molecular complexity index is 1330. The molecule has 1 amide bonds. The largest absolute Gasteiger partial charge is 0.497 e. The standard InChI is InChI=1S/C25H28N4O5S/c1-33-20-4-3-5-21(15-20)35(31,32)28-11-8-25(9-12-28)10-13-29(24(25)30)19-6-7-22(23(14-19)34-2)18-16-26-27-17-18/h3-7,14-17H,8-13H2,1-2H3,(H,26,27). The highest BCUT2D eigenvalue weighted by Crippen LogP contribution is 2.45. The minimum Gasteiger partial charge on any atom is -0.497 e. The fourth-order valence-corrected chi connectivity index (χ4v) is 6.56. The number of aromatic nitrogens is 2. The molecule has 3 aromatic rings. The van der Waals surface area contributed by atoms with E-state index in [0.29, 0.717) is 50.4 Å². The van der Waals surface area contributed by atoms with Gasteiger partial charge in [0, 0.05) is 54.8 Å². The minimum atomic E-state index is -3.66. The van der Waals surface area contributed by atoms with Gasteiger partial charge in [0.1, 0.15) is 11.5 Å². The van der Waals surface area contributed by atoms with Gasteiger partial charge in [0.25, 0.3) is 0 Å². The molecule has 1 N–H and O–H groups in total. The number of carbonyl (C=O) groups excluding carboxylic acids is 1. The lowest BCUT2D eigenvalue weighted by molar-refractivity contribution is -0.127. The number of benzene rings is 2. The molecular weight excluding hydrogens is 468 g/mol. The Hall–Kier alpha value is -3.37. The summed E-state index contributed by atoms with van der Waals surface area (Å²) in [6.45, 7) is 1.21. The number of nitrogens with zero attached hydrogens (tertiary/aromatic N) is 3. The Kier molecular flexibility index (Phi) is 6.02. The van der Waals surface area contributed by atoms with Crippen LogP contribution in [0.3, 0.4) is 0 Å². The molecule has 2 saturated heterocycles. The lowest BCUT2D eigenvalue weighted by Gasteiger charge is -2.37. The van der Waals surface area contributed by atoms with Crippen molar-refractivity contribution in [1.82, 2.24) is 14.5 Å². The van der Waals surface area contributed by atoms with Crippen LogP contribution in [0.2, 0.25) is 0 Å². The second-order valence-corrected chi connectivity index (χ2v) is 10.9. The third-order valence-electron chi connectivity index (χ3n) is 7.18. The van der Waals surface area contributed by atoms with E-state index in [0.717, 1.165) is 16.8 Å². The highest BCUT2D eigenvalue weighted by atomic mass is 32.2. The van der Waals surface area contributed by atoms with Crippen LogP contribution in [0.25, 0.3) is 11.1 Å². The van der Waals surface area contributed by atoms with Crippen molar-refractivity contribution in [2.75, 3.05) is 38.8 Å². The summed E-state index contributed by atoms with van der Waals surface area (Å²) in [6, 6.07) is 12.2. The number of piperidine rings is 1. The maximum absolute atomic E-state index is 13.6. The van der Waals surface area contributed by atoms with Gasteiger partial charge in [-0.05, 0) is 43.5 Å². The number of nitrogens with one attached hydrogen (secondary N) is 1. The summed E-state index contributed by atoms with van der Waals surface area (Å²) < 4.78 is 38.6. The summed E-state index contributed by atoms with van der Waals surface area (Å²) in [6.07, 6.45) is 5.21. The molecular formula is C25H28N4O5S. The van der Waals surface area contributed by atoms with Crippen molar-refractivity contribution in [3.63, 3.8) is 0 Å². The van der Waals surface area contributed by atoms with Gasteiger partial charge in [-0.25, -0.2) is 8.42 Å². The zero-order chi connectivity index (χ0) is 24.6. The van der Waals surface area contributed by atoms with Crippen molar-refractivity contribution in [2.24, 2.45) is 5.41 Å². The summed E-state index contributed by atoms with van der Waals surface area (Å²) in [4.78, 5) is 15.6. The number of amides is 1. The predicted molar refractivity (Wildman–Crippen MR) is 131 cm³/mol. The van der Waals surface area contributed by atoms with Gasteiger partial charge in [-0.2, -0.15) is 9.40 Å². The van der Waals surface area contributed by atoms with Crippen molar-refractivity contribution < 1.29 is 22.7 Å². The van der Waals surface area contributed by atoms with Gasteiger partial charge >= 0.3 is 0 Å². The summed E-state index contributed by atoms with van der Waals surface area (Å²) >= 11 is 0. The van der Waals surface area contributed by atoms with Crippen molar-refractivity contribution in [2.45, 2.75) is 24.2 Å². The van der Waals surface area contributed by atoms with Crippen molar-refractivity contribution >= 4 is 21.6 Å². The predicted octanol–water partition coefficient (Wildman–Crippen LogP) is 3.30. The van der Waals surface area contributed by atoms with Crippen LogP contribution < -0.4 is 14.4 Å². The molecule has 0 aliphatic carbocycles. The van der Waals surface area contributed by atoms with Crippen LogP contribution >= 0.6 is 0 Å². The Morgan fingerprint density at radius 2 is 1.77 bits per heavy atom. The van der Waals surface area contributed by atoms with Crippen LogP contribution in [0, 0.1) is 5.41 Å². The average molecular weight is 497 g/mol. The van der Waals surface area contributed by atoms with Crippen LogP contribution in [0.5, 0.6) is 11.5 Å². The van der Waals surface area contributed by atoms with E-state index in [-0.39, 0.29) is 10.8 Å². The quantitative estimate of drug-likeness (QED) is 0.562.